The van der Waals surface area contributed by atoms with Crippen molar-refractivity contribution in [1.82, 2.24) is 9.55 Å². The topological polar surface area (TPSA) is 34.9 Å². The van der Waals surface area contributed by atoms with Crippen LogP contribution < -0.4 is 5.56 Å². The van der Waals surface area contributed by atoms with Crippen LogP contribution >= 0.6 is 0 Å². The Bertz CT molecular complexity index is 1040. The lowest BCUT2D eigenvalue weighted by atomic mass is 10.0. The summed E-state index contributed by atoms with van der Waals surface area (Å²) in [6.45, 7) is 0.690. The third kappa shape index (κ3) is 3.19. The second kappa shape index (κ2) is 6.32. The average Bonchev–Trinajstić information content (AvgIpc) is 2.63. The summed E-state index contributed by atoms with van der Waals surface area (Å²) >= 11 is 0. The Kier molecular flexibility index (Phi) is 3.86. The van der Waals surface area contributed by atoms with Crippen LogP contribution in [0, 0.1) is 5.82 Å². The van der Waals surface area contributed by atoms with E-state index in [2.05, 4.69) is 4.98 Å². The van der Waals surface area contributed by atoms with Gasteiger partial charge in [-0.25, -0.2) is 9.37 Å². The van der Waals surface area contributed by atoms with Gasteiger partial charge in [-0.3, -0.25) is 4.79 Å². The zero-order valence-corrected chi connectivity index (χ0v) is 13.4. The summed E-state index contributed by atoms with van der Waals surface area (Å²) in [7, 11) is 0. The maximum Gasteiger partial charge on any atom is 0.279 e. The van der Waals surface area contributed by atoms with Crippen molar-refractivity contribution in [3.8, 4) is 22.4 Å². The first kappa shape index (κ1) is 15.3. The minimum Gasteiger partial charge on any atom is -0.349 e. The fraction of sp³-hybridized carbons (Fsp3) is 0.0476. The predicted octanol–water partition coefficient (Wildman–Crippen LogP) is 4.20. The summed E-state index contributed by atoms with van der Waals surface area (Å²) in [4.78, 5) is 16.6. The molecule has 0 amide bonds. The van der Waals surface area contributed by atoms with E-state index >= 15 is 0 Å². The first-order valence-electron chi connectivity index (χ1n) is 8.00. The fourth-order valence-corrected chi connectivity index (χ4v) is 2.86. The van der Waals surface area contributed by atoms with Gasteiger partial charge >= 0.3 is 0 Å². The standard InChI is InChI=1S/C21H15FN2O/c22-18-8-6-16(7-9-18)20-12-17-10-11-24(14-19(17)21(25)23-20)13-15-4-2-1-3-5-15/h1-12,14H,13H2. The van der Waals surface area contributed by atoms with Gasteiger partial charge in [-0.1, -0.05) is 30.3 Å². The van der Waals surface area contributed by atoms with Crippen molar-refractivity contribution in [3.63, 3.8) is 0 Å². The highest BCUT2D eigenvalue weighted by molar-refractivity contribution is 5.70. The second-order valence-electron chi connectivity index (χ2n) is 5.93. The minimum atomic E-state index is -0.311. The molecule has 2 aromatic rings. The van der Waals surface area contributed by atoms with Gasteiger partial charge in [0, 0.05) is 24.5 Å². The zero-order valence-electron chi connectivity index (χ0n) is 13.4. The Labute approximate surface area is 144 Å². The molecule has 3 nitrogen and oxygen atoms in total. The average molecular weight is 330 g/mol. The summed E-state index contributed by atoms with van der Waals surface area (Å²) in [5.41, 5.74) is 3.56. The molecule has 0 saturated carbocycles. The number of hydrogen-bond acceptors (Lipinski definition) is 2. The molecule has 0 N–H and O–H groups in total. The number of nitrogens with zero attached hydrogens (tertiary/aromatic N) is 2. The Morgan fingerprint density at radius 1 is 0.920 bits per heavy atom. The highest BCUT2D eigenvalue weighted by Gasteiger charge is 2.11. The van der Waals surface area contributed by atoms with E-state index in [4.69, 9.17) is 0 Å². The maximum atomic E-state index is 13.1. The number of hydrogen-bond donors (Lipinski definition) is 0. The van der Waals surface area contributed by atoms with Crippen LogP contribution in [0.2, 0.25) is 0 Å². The van der Waals surface area contributed by atoms with Crippen LogP contribution in [0.5, 0.6) is 0 Å². The van der Waals surface area contributed by atoms with E-state index in [0.29, 0.717) is 17.8 Å². The number of halogens is 1. The van der Waals surface area contributed by atoms with Gasteiger partial charge in [0.25, 0.3) is 5.56 Å². The van der Waals surface area contributed by atoms with Gasteiger partial charge in [-0.2, -0.15) is 0 Å². The van der Waals surface area contributed by atoms with Crippen LogP contribution in [0.1, 0.15) is 5.56 Å². The highest BCUT2D eigenvalue weighted by atomic mass is 19.1. The van der Waals surface area contributed by atoms with Gasteiger partial charge in [0.05, 0.1) is 11.3 Å². The second-order valence-corrected chi connectivity index (χ2v) is 5.93. The summed E-state index contributed by atoms with van der Waals surface area (Å²) in [6, 6.07) is 19.8. The summed E-state index contributed by atoms with van der Waals surface area (Å²) < 4.78 is 15.0. The molecule has 0 spiro atoms. The molecule has 0 saturated heterocycles. The van der Waals surface area contributed by atoms with Gasteiger partial charge in [0.2, 0.25) is 0 Å². The molecule has 0 radical (unpaired) electrons. The SMILES string of the molecule is O=c1nc(-c2ccc(F)cc2)cc2ccn(Cc3ccccc3)cc1-2. The normalized spacial score (nSPS) is 10.9. The molecule has 4 rings (SSSR count). The minimum absolute atomic E-state index is 0.278. The van der Waals surface area contributed by atoms with E-state index in [9.17, 15) is 9.18 Å². The first-order valence-corrected chi connectivity index (χ1v) is 8.00. The summed E-state index contributed by atoms with van der Waals surface area (Å²) in [5.74, 6) is -0.311. The maximum absolute atomic E-state index is 13.1. The Morgan fingerprint density at radius 3 is 2.44 bits per heavy atom. The monoisotopic (exact) mass is 330 g/mol. The van der Waals surface area contributed by atoms with Gasteiger partial charge in [0.1, 0.15) is 5.82 Å². The van der Waals surface area contributed by atoms with E-state index in [0.717, 1.165) is 16.7 Å². The molecule has 2 aliphatic heterocycles. The molecule has 2 heterocycles. The van der Waals surface area contributed by atoms with Gasteiger partial charge in [-0.15, -0.1) is 0 Å². The van der Waals surface area contributed by atoms with E-state index in [1.807, 2.05) is 59.4 Å². The summed E-state index contributed by atoms with van der Waals surface area (Å²) in [6.07, 6.45) is 3.77. The molecule has 0 atom stereocenters. The first-order chi connectivity index (χ1) is 12.2. The third-order valence-corrected chi connectivity index (χ3v) is 4.14. The lowest BCUT2D eigenvalue weighted by Gasteiger charge is -2.12. The van der Waals surface area contributed by atoms with Crippen molar-refractivity contribution in [2.75, 3.05) is 0 Å². The van der Waals surface area contributed by atoms with Crippen molar-refractivity contribution in [3.05, 3.63) is 101 Å². The number of aromatic nitrogens is 2. The molecule has 2 aromatic carbocycles. The molecule has 122 valence electrons. The molecule has 0 fully saturated rings. The Morgan fingerprint density at radius 2 is 1.68 bits per heavy atom. The number of fused-ring (bicyclic) bond motifs is 1. The van der Waals surface area contributed by atoms with Crippen LogP contribution in [-0.4, -0.2) is 9.55 Å². The molecule has 2 aliphatic rings. The van der Waals surface area contributed by atoms with Crippen molar-refractivity contribution >= 4 is 0 Å². The van der Waals surface area contributed by atoms with E-state index in [1.54, 1.807) is 12.1 Å². The molecule has 25 heavy (non-hydrogen) atoms. The lowest BCUT2D eigenvalue weighted by molar-refractivity contribution is 0.628. The molecule has 0 aliphatic carbocycles. The molecule has 0 unspecified atom stereocenters. The van der Waals surface area contributed by atoms with Crippen LogP contribution in [0.4, 0.5) is 4.39 Å². The molecule has 0 aromatic heterocycles. The lowest BCUT2D eigenvalue weighted by Crippen LogP contribution is -2.13. The zero-order chi connectivity index (χ0) is 17.2. The van der Waals surface area contributed by atoms with Crippen molar-refractivity contribution in [2.24, 2.45) is 0 Å². The third-order valence-electron chi connectivity index (χ3n) is 4.14. The van der Waals surface area contributed by atoms with Crippen molar-refractivity contribution < 1.29 is 4.39 Å². The van der Waals surface area contributed by atoms with Gasteiger partial charge in [-0.05, 0) is 47.5 Å². The quantitative estimate of drug-likeness (QED) is 0.564. The Hall–Kier alpha value is -3.27. The van der Waals surface area contributed by atoms with E-state index in [1.165, 1.54) is 12.1 Å². The van der Waals surface area contributed by atoms with Crippen LogP contribution in [0.15, 0.2) is 83.9 Å². The largest absolute Gasteiger partial charge is 0.349 e. The van der Waals surface area contributed by atoms with Gasteiger partial charge in [0.15, 0.2) is 0 Å². The summed E-state index contributed by atoms with van der Waals surface area (Å²) in [5, 5.41) is 0. The molecule has 0 bridgehead atoms. The predicted molar refractivity (Wildman–Crippen MR) is 96.1 cm³/mol. The van der Waals surface area contributed by atoms with Crippen LogP contribution in [0.3, 0.4) is 0 Å². The number of pyridine rings is 2. The van der Waals surface area contributed by atoms with Crippen molar-refractivity contribution in [2.45, 2.75) is 6.54 Å². The molecular weight excluding hydrogens is 315 g/mol. The smallest absolute Gasteiger partial charge is 0.279 e. The Balaban J connectivity index is 1.73. The van der Waals surface area contributed by atoms with E-state index in [-0.39, 0.29) is 11.4 Å². The van der Waals surface area contributed by atoms with Crippen molar-refractivity contribution in [1.29, 1.82) is 0 Å². The van der Waals surface area contributed by atoms with Crippen LogP contribution in [-0.2, 0) is 6.54 Å². The van der Waals surface area contributed by atoms with E-state index < -0.39 is 0 Å². The van der Waals surface area contributed by atoms with Gasteiger partial charge < -0.3 is 4.57 Å². The number of rotatable bonds is 3. The molecular formula is C21H15FN2O. The molecule has 4 heteroatoms. The number of benzene rings is 2. The van der Waals surface area contributed by atoms with Crippen LogP contribution in [0.25, 0.3) is 22.4 Å². The fourth-order valence-electron chi connectivity index (χ4n) is 2.86. The highest BCUT2D eigenvalue weighted by Crippen LogP contribution is 2.24.